The molecule has 0 aromatic carbocycles. The van der Waals surface area contributed by atoms with Gasteiger partial charge in [-0.15, -0.1) is 0 Å². The predicted octanol–water partition coefficient (Wildman–Crippen LogP) is 1.95. The van der Waals surface area contributed by atoms with E-state index < -0.39 is 11.9 Å². The van der Waals surface area contributed by atoms with Crippen LogP contribution in [0.3, 0.4) is 0 Å². The number of rotatable bonds is 3. The number of hydrogen-bond acceptors (Lipinski definition) is 3. The van der Waals surface area contributed by atoms with Crippen LogP contribution in [0.4, 0.5) is 0 Å². The lowest BCUT2D eigenvalue weighted by atomic mass is 10.1. The summed E-state index contributed by atoms with van der Waals surface area (Å²) in [7, 11) is 0. The topological polar surface area (TPSA) is 76.3 Å². The van der Waals surface area contributed by atoms with Gasteiger partial charge in [0.15, 0.2) is 0 Å². The molecule has 1 saturated heterocycles. The lowest BCUT2D eigenvalue weighted by Gasteiger charge is -2.22. The number of aromatic nitrogens is 1. The maximum absolute atomic E-state index is 12.5. The highest BCUT2D eigenvalue weighted by atomic mass is 35.5. The molecule has 1 unspecified atom stereocenters. The Labute approximate surface area is 123 Å². The van der Waals surface area contributed by atoms with E-state index in [4.69, 9.17) is 17.3 Å². The number of carbonyl (C=O) groups is 2. The Kier molecular flexibility index (Phi) is 4.28. The van der Waals surface area contributed by atoms with Gasteiger partial charge >= 0.3 is 0 Å². The first kappa shape index (κ1) is 14.8. The highest BCUT2D eigenvalue weighted by Gasteiger charge is 2.33. The average Bonchev–Trinajstić information content (AvgIpc) is 2.86. The summed E-state index contributed by atoms with van der Waals surface area (Å²) in [5.41, 5.74) is 6.56. The second-order valence-electron chi connectivity index (χ2n) is 5.32. The normalized spacial score (nSPS) is 18.6. The van der Waals surface area contributed by atoms with Crippen LogP contribution in [-0.4, -0.2) is 34.3 Å². The molecule has 6 heteroatoms. The fourth-order valence-corrected chi connectivity index (χ4v) is 2.62. The molecule has 0 radical (unpaired) electrons. The zero-order valence-corrected chi connectivity index (χ0v) is 12.4. The number of amides is 2. The molecule has 5 nitrogen and oxygen atoms in total. The second kappa shape index (κ2) is 5.79. The van der Waals surface area contributed by atoms with Gasteiger partial charge in [0.25, 0.3) is 5.91 Å². The number of carbonyl (C=O) groups excluding carboxylic acids is 2. The minimum absolute atomic E-state index is 0.172. The molecular weight excluding hydrogens is 278 g/mol. The van der Waals surface area contributed by atoms with Crippen molar-refractivity contribution in [2.45, 2.75) is 38.6 Å². The summed E-state index contributed by atoms with van der Waals surface area (Å²) < 4.78 is 0. The molecule has 0 spiro atoms. The van der Waals surface area contributed by atoms with E-state index in [1.54, 1.807) is 6.07 Å². The minimum atomic E-state index is -0.517. The molecule has 108 valence electrons. The number of halogens is 1. The van der Waals surface area contributed by atoms with Gasteiger partial charge in [0.1, 0.15) is 11.2 Å². The monoisotopic (exact) mass is 295 g/mol. The maximum atomic E-state index is 12.5. The summed E-state index contributed by atoms with van der Waals surface area (Å²) in [5.74, 6) is -0.497. The van der Waals surface area contributed by atoms with Gasteiger partial charge in [0, 0.05) is 17.8 Å². The van der Waals surface area contributed by atoms with E-state index >= 15 is 0 Å². The van der Waals surface area contributed by atoms with Crippen LogP contribution in [0.2, 0.25) is 5.15 Å². The molecular formula is C14H18ClN3O2. The SMILES string of the molecule is CC(C)c1cc(C(=O)N2CCCC2C(N)=O)cc(Cl)n1. The van der Waals surface area contributed by atoms with Crippen molar-refractivity contribution < 1.29 is 9.59 Å². The molecule has 0 aliphatic carbocycles. The Balaban J connectivity index is 2.31. The van der Waals surface area contributed by atoms with Crippen LogP contribution in [0.15, 0.2) is 12.1 Å². The van der Waals surface area contributed by atoms with E-state index in [1.165, 1.54) is 11.0 Å². The number of nitrogens with two attached hydrogens (primary N) is 1. The van der Waals surface area contributed by atoms with Gasteiger partial charge in [-0.2, -0.15) is 0 Å². The third kappa shape index (κ3) is 2.93. The van der Waals surface area contributed by atoms with Gasteiger partial charge in [-0.3, -0.25) is 9.59 Å². The Hall–Kier alpha value is -1.62. The minimum Gasteiger partial charge on any atom is -0.368 e. The van der Waals surface area contributed by atoms with Crippen molar-refractivity contribution in [2.75, 3.05) is 6.54 Å². The number of likely N-dealkylation sites (tertiary alicyclic amines) is 1. The highest BCUT2D eigenvalue weighted by molar-refractivity contribution is 6.29. The Morgan fingerprint density at radius 1 is 1.45 bits per heavy atom. The highest BCUT2D eigenvalue weighted by Crippen LogP contribution is 2.23. The van der Waals surface area contributed by atoms with Crippen LogP contribution >= 0.6 is 11.6 Å². The van der Waals surface area contributed by atoms with Crippen molar-refractivity contribution >= 4 is 23.4 Å². The Morgan fingerprint density at radius 3 is 2.75 bits per heavy atom. The molecule has 20 heavy (non-hydrogen) atoms. The number of hydrogen-bond donors (Lipinski definition) is 1. The molecule has 1 fully saturated rings. The molecule has 2 rings (SSSR count). The Bertz CT molecular complexity index is 545. The van der Waals surface area contributed by atoms with Gasteiger partial charge in [-0.05, 0) is 30.9 Å². The predicted molar refractivity (Wildman–Crippen MR) is 76.6 cm³/mol. The number of nitrogens with zero attached hydrogens (tertiary/aromatic N) is 2. The van der Waals surface area contributed by atoms with E-state index in [-0.39, 0.29) is 17.0 Å². The van der Waals surface area contributed by atoms with E-state index in [0.717, 1.165) is 12.1 Å². The molecule has 2 N–H and O–H groups in total. The molecule has 1 atom stereocenters. The molecule has 2 heterocycles. The van der Waals surface area contributed by atoms with Crippen LogP contribution in [0.25, 0.3) is 0 Å². The van der Waals surface area contributed by atoms with Gasteiger partial charge < -0.3 is 10.6 Å². The zero-order chi connectivity index (χ0) is 14.9. The van der Waals surface area contributed by atoms with Crippen LogP contribution in [0.1, 0.15) is 48.7 Å². The van der Waals surface area contributed by atoms with Gasteiger partial charge in [-0.1, -0.05) is 25.4 Å². The van der Waals surface area contributed by atoms with Crippen molar-refractivity contribution in [2.24, 2.45) is 5.73 Å². The smallest absolute Gasteiger partial charge is 0.254 e. The molecule has 1 aliphatic rings. The summed E-state index contributed by atoms with van der Waals surface area (Å²) in [5, 5.41) is 0.286. The third-order valence-electron chi connectivity index (χ3n) is 3.49. The first-order valence-corrected chi connectivity index (χ1v) is 7.05. The summed E-state index contributed by atoms with van der Waals surface area (Å²) in [6.07, 6.45) is 1.41. The van der Waals surface area contributed by atoms with Crippen molar-refractivity contribution in [3.8, 4) is 0 Å². The number of primary amides is 1. The molecule has 1 aromatic heterocycles. The number of pyridine rings is 1. The lowest BCUT2D eigenvalue weighted by molar-refractivity contribution is -0.121. The summed E-state index contributed by atoms with van der Waals surface area (Å²) in [6, 6.07) is 2.75. The Morgan fingerprint density at radius 2 is 2.15 bits per heavy atom. The largest absolute Gasteiger partial charge is 0.368 e. The van der Waals surface area contributed by atoms with E-state index in [2.05, 4.69) is 4.98 Å². The fourth-order valence-electron chi connectivity index (χ4n) is 2.41. The van der Waals surface area contributed by atoms with Gasteiger partial charge in [0.2, 0.25) is 5.91 Å². The van der Waals surface area contributed by atoms with Crippen molar-refractivity contribution in [1.29, 1.82) is 0 Å². The fraction of sp³-hybridized carbons (Fsp3) is 0.500. The van der Waals surface area contributed by atoms with Crippen molar-refractivity contribution in [3.63, 3.8) is 0 Å². The third-order valence-corrected chi connectivity index (χ3v) is 3.69. The van der Waals surface area contributed by atoms with Crippen LogP contribution < -0.4 is 5.73 Å². The van der Waals surface area contributed by atoms with Crippen LogP contribution in [-0.2, 0) is 4.79 Å². The maximum Gasteiger partial charge on any atom is 0.254 e. The molecule has 0 bridgehead atoms. The van der Waals surface area contributed by atoms with Crippen molar-refractivity contribution in [1.82, 2.24) is 9.88 Å². The van der Waals surface area contributed by atoms with Gasteiger partial charge in [-0.25, -0.2) is 4.98 Å². The molecule has 2 amide bonds. The summed E-state index contributed by atoms with van der Waals surface area (Å²) >= 11 is 5.97. The molecule has 0 saturated carbocycles. The average molecular weight is 296 g/mol. The first-order valence-electron chi connectivity index (χ1n) is 6.68. The van der Waals surface area contributed by atoms with Crippen molar-refractivity contribution in [3.05, 3.63) is 28.5 Å². The standard InChI is InChI=1S/C14H18ClN3O2/c1-8(2)10-6-9(7-12(15)17-10)14(20)18-5-3-4-11(18)13(16)19/h6-8,11H,3-5H2,1-2H3,(H2,16,19). The second-order valence-corrected chi connectivity index (χ2v) is 5.70. The van der Waals surface area contributed by atoms with E-state index in [9.17, 15) is 9.59 Å². The zero-order valence-electron chi connectivity index (χ0n) is 11.6. The molecule has 1 aromatic rings. The van der Waals surface area contributed by atoms with Gasteiger partial charge in [0.05, 0.1) is 0 Å². The quantitative estimate of drug-likeness (QED) is 0.866. The lowest BCUT2D eigenvalue weighted by Crippen LogP contribution is -2.43. The van der Waals surface area contributed by atoms with E-state index in [0.29, 0.717) is 18.5 Å². The van der Waals surface area contributed by atoms with E-state index in [1.807, 2.05) is 13.8 Å². The van der Waals surface area contributed by atoms with Crippen LogP contribution in [0, 0.1) is 0 Å². The summed E-state index contributed by atoms with van der Waals surface area (Å²) in [6.45, 7) is 4.51. The van der Waals surface area contributed by atoms with Crippen LogP contribution in [0.5, 0.6) is 0 Å². The first-order chi connectivity index (χ1) is 9.40. The summed E-state index contributed by atoms with van der Waals surface area (Å²) in [4.78, 5) is 29.6. The molecule has 1 aliphatic heterocycles.